The van der Waals surface area contributed by atoms with Crippen LogP contribution in [0.3, 0.4) is 0 Å². The fraction of sp³-hybridized carbons (Fsp3) is 0.333. The van der Waals surface area contributed by atoms with Gasteiger partial charge in [-0.05, 0) is 0 Å². The Bertz CT molecular complexity index is 415. The smallest absolute Gasteiger partial charge is 0.176 e. The molecule has 0 aliphatic carbocycles. The zero-order valence-corrected chi connectivity index (χ0v) is 8.18. The van der Waals surface area contributed by atoms with Crippen molar-refractivity contribution in [3.8, 4) is 0 Å². The number of fused-ring (bicyclic) bond motifs is 1. The highest BCUT2D eigenvalue weighted by Gasteiger charge is 2.13. The first-order valence-electron chi connectivity index (χ1n) is 4.55. The minimum absolute atomic E-state index is 0.249. The molecule has 1 aliphatic rings. The molecule has 0 amide bonds. The number of aliphatic imine (C=N–C) groups is 1. The molecule has 2 rings (SSSR count). The second-order valence-corrected chi connectivity index (χ2v) is 3.14. The van der Waals surface area contributed by atoms with Crippen molar-refractivity contribution in [1.82, 2.24) is 9.97 Å². The second kappa shape index (κ2) is 4.04. The maximum Gasteiger partial charge on any atom is 0.176 e. The summed E-state index contributed by atoms with van der Waals surface area (Å²) in [6, 6.07) is 0. The molecular formula is C9H11N5O. The Labute approximate surface area is 86.9 Å². The van der Waals surface area contributed by atoms with Gasteiger partial charge in [-0.3, -0.25) is 4.98 Å². The van der Waals surface area contributed by atoms with Gasteiger partial charge in [0.1, 0.15) is 11.5 Å². The van der Waals surface area contributed by atoms with Gasteiger partial charge in [0.05, 0.1) is 11.9 Å². The first-order valence-corrected chi connectivity index (χ1v) is 4.55. The predicted octanol–water partition coefficient (Wildman–Crippen LogP) is 0.544. The monoisotopic (exact) mass is 205 g/mol. The lowest BCUT2D eigenvalue weighted by Crippen LogP contribution is -2.17. The quantitative estimate of drug-likeness (QED) is 0.576. The van der Waals surface area contributed by atoms with Crippen LogP contribution in [0.15, 0.2) is 16.3 Å². The molecule has 2 heterocycles. The normalized spacial score (nSPS) is 14.0. The summed E-state index contributed by atoms with van der Waals surface area (Å²) in [7, 11) is 0. The zero-order valence-electron chi connectivity index (χ0n) is 8.18. The number of aromatic nitrogens is 2. The third-order valence-corrected chi connectivity index (χ3v) is 2.05. The van der Waals surface area contributed by atoms with Crippen LogP contribution in [-0.2, 0) is 17.9 Å². The Balaban J connectivity index is 2.25. The highest BCUT2D eigenvalue weighted by Crippen LogP contribution is 2.20. The van der Waals surface area contributed by atoms with E-state index in [1.54, 1.807) is 6.20 Å². The van der Waals surface area contributed by atoms with Gasteiger partial charge in [-0.25, -0.2) is 9.98 Å². The highest BCUT2D eigenvalue weighted by molar-refractivity contribution is 5.84. The van der Waals surface area contributed by atoms with Crippen LogP contribution in [0, 0.1) is 0 Å². The van der Waals surface area contributed by atoms with Crippen LogP contribution >= 0.6 is 0 Å². The molecule has 0 fully saturated rings. The van der Waals surface area contributed by atoms with E-state index < -0.39 is 0 Å². The van der Waals surface area contributed by atoms with Crippen molar-refractivity contribution in [2.75, 3.05) is 0 Å². The van der Waals surface area contributed by atoms with E-state index in [0.29, 0.717) is 17.3 Å². The van der Waals surface area contributed by atoms with E-state index in [1.807, 2.05) is 0 Å². The van der Waals surface area contributed by atoms with E-state index in [4.69, 9.17) is 10.6 Å². The average Bonchev–Trinajstić information content (AvgIpc) is 2.25. The molecule has 0 unspecified atom stereocenters. The summed E-state index contributed by atoms with van der Waals surface area (Å²) in [5, 5.41) is 3.28. The van der Waals surface area contributed by atoms with Crippen molar-refractivity contribution in [3.05, 3.63) is 17.6 Å². The molecule has 0 spiro atoms. The van der Waals surface area contributed by atoms with Gasteiger partial charge in [0.15, 0.2) is 12.4 Å². The fourth-order valence-corrected chi connectivity index (χ4v) is 1.33. The Kier molecular flexibility index (Phi) is 2.57. The minimum Gasteiger partial charge on any atom is -0.390 e. The number of hydrogen-bond donors (Lipinski definition) is 1. The lowest BCUT2D eigenvalue weighted by molar-refractivity contribution is 0.130. The SMILES string of the molecule is C=NOCc1cnc2c(n1)N=C(N)CC2. The van der Waals surface area contributed by atoms with E-state index in [1.165, 1.54) is 0 Å². The largest absolute Gasteiger partial charge is 0.390 e. The molecule has 6 heteroatoms. The van der Waals surface area contributed by atoms with Crippen LogP contribution in [-0.4, -0.2) is 22.5 Å². The van der Waals surface area contributed by atoms with Crippen LogP contribution in [0.2, 0.25) is 0 Å². The van der Waals surface area contributed by atoms with E-state index in [-0.39, 0.29) is 6.61 Å². The van der Waals surface area contributed by atoms with Crippen molar-refractivity contribution >= 4 is 18.4 Å². The number of aryl methyl sites for hydroxylation is 1. The molecule has 2 N–H and O–H groups in total. The second-order valence-electron chi connectivity index (χ2n) is 3.14. The molecule has 0 atom stereocenters. The lowest BCUT2D eigenvalue weighted by Gasteiger charge is -2.11. The summed E-state index contributed by atoms with van der Waals surface area (Å²) in [5.74, 6) is 1.18. The molecule has 15 heavy (non-hydrogen) atoms. The third kappa shape index (κ3) is 2.09. The summed E-state index contributed by atoms with van der Waals surface area (Å²) in [5.41, 5.74) is 7.16. The highest BCUT2D eigenvalue weighted by atomic mass is 16.6. The molecule has 78 valence electrons. The zero-order chi connectivity index (χ0) is 10.7. The van der Waals surface area contributed by atoms with Crippen molar-refractivity contribution in [1.29, 1.82) is 0 Å². The first kappa shape index (κ1) is 9.57. The van der Waals surface area contributed by atoms with Crippen LogP contribution in [0.4, 0.5) is 5.82 Å². The molecule has 0 saturated carbocycles. The number of oxime groups is 1. The molecule has 1 aromatic heterocycles. The number of hydrogen-bond acceptors (Lipinski definition) is 6. The van der Waals surface area contributed by atoms with E-state index in [0.717, 1.165) is 18.5 Å². The van der Waals surface area contributed by atoms with Gasteiger partial charge in [-0.15, -0.1) is 5.16 Å². The van der Waals surface area contributed by atoms with Gasteiger partial charge in [0.2, 0.25) is 0 Å². The fourth-order valence-electron chi connectivity index (χ4n) is 1.33. The van der Waals surface area contributed by atoms with Crippen molar-refractivity contribution in [2.45, 2.75) is 19.4 Å². The minimum atomic E-state index is 0.249. The molecule has 1 aliphatic heterocycles. The summed E-state index contributed by atoms with van der Waals surface area (Å²) in [6.07, 6.45) is 3.19. The predicted molar refractivity (Wildman–Crippen MR) is 56.0 cm³/mol. The Morgan fingerprint density at radius 2 is 2.40 bits per heavy atom. The van der Waals surface area contributed by atoms with Crippen LogP contribution in [0.1, 0.15) is 17.8 Å². The number of rotatable bonds is 3. The Hall–Kier alpha value is -1.98. The van der Waals surface area contributed by atoms with Crippen molar-refractivity contribution < 1.29 is 4.84 Å². The number of nitrogens with zero attached hydrogens (tertiary/aromatic N) is 4. The molecule has 1 aromatic rings. The third-order valence-electron chi connectivity index (χ3n) is 2.05. The average molecular weight is 205 g/mol. The maximum absolute atomic E-state index is 5.62. The molecule has 0 saturated heterocycles. The van der Waals surface area contributed by atoms with Gasteiger partial charge in [-0.1, -0.05) is 0 Å². The standard InChI is InChI=1S/C9H11N5O/c1-11-15-5-6-4-12-7-2-3-8(10)14-9(7)13-6/h4H,1-3,5H2,(H2,10,13,14). The van der Waals surface area contributed by atoms with Crippen molar-refractivity contribution in [2.24, 2.45) is 15.9 Å². The van der Waals surface area contributed by atoms with Gasteiger partial charge >= 0.3 is 0 Å². The molecule has 0 aromatic carbocycles. The summed E-state index contributed by atoms with van der Waals surface area (Å²) in [4.78, 5) is 17.4. The summed E-state index contributed by atoms with van der Waals surface area (Å²) in [6.45, 7) is 3.46. The Morgan fingerprint density at radius 1 is 1.53 bits per heavy atom. The first-order chi connectivity index (χ1) is 7.29. The van der Waals surface area contributed by atoms with Crippen molar-refractivity contribution in [3.63, 3.8) is 0 Å². The molecule has 0 radical (unpaired) electrons. The van der Waals surface area contributed by atoms with E-state index >= 15 is 0 Å². The van der Waals surface area contributed by atoms with Crippen LogP contribution in [0.25, 0.3) is 0 Å². The molecule has 0 bridgehead atoms. The Morgan fingerprint density at radius 3 is 3.20 bits per heavy atom. The number of nitrogens with two attached hydrogens (primary N) is 1. The lowest BCUT2D eigenvalue weighted by atomic mass is 10.2. The van der Waals surface area contributed by atoms with Gasteiger partial charge in [0, 0.05) is 19.6 Å². The van der Waals surface area contributed by atoms with E-state index in [9.17, 15) is 0 Å². The summed E-state index contributed by atoms with van der Waals surface area (Å²) >= 11 is 0. The topological polar surface area (TPSA) is 85.8 Å². The molecular weight excluding hydrogens is 194 g/mol. The summed E-state index contributed by atoms with van der Waals surface area (Å²) < 4.78 is 0. The van der Waals surface area contributed by atoms with Crippen LogP contribution < -0.4 is 5.73 Å². The maximum atomic E-state index is 5.62. The molecule has 6 nitrogen and oxygen atoms in total. The van der Waals surface area contributed by atoms with Gasteiger partial charge in [0.25, 0.3) is 0 Å². The van der Waals surface area contributed by atoms with Gasteiger partial charge in [-0.2, -0.15) is 0 Å². The van der Waals surface area contributed by atoms with E-state index in [2.05, 4.69) is 26.8 Å². The number of amidine groups is 1. The van der Waals surface area contributed by atoms with Crippen LogP contribution in [0.5, 0.6) is 0 Å². The van der Waals surface area contributed by atoms with Gasteiger partial charge < -0.3 is 10.6 Å².